The van der Waals surface area contributed by atoms with Gasteiger partial charge in [0.1, 0.15) is 0 Å². The van der Waals surface area contributed by atoms with Crippen LogP contribution in [0.3, 0.4) is 0 Å². The molecule has 18 heavy (non-hydrogen) atoms. The summed E-state index contributed by atoms with van der Waals surface area (Å²) in [6.45, 7) is 2.80. The van der Waals surface area contributed by atoms with E-state index in [1.165, 1.54) is 0 Å². The molecule has 1 aromatic heterocycles. The molecular weight excluding hydrogens is 298 g/mol. The van der Waals surface area contributed by atoms with E-state index in [4.69, 9.17) is 14.2 Å². The second-order valence-electron chi connectivity index (χ2n) is 4.32. The summed E-state index contributed by atoms with van der Waals surface area (Å²) in [6, 6.07) is 1.89. The van der Waals surface area contributed by atoms with Crippen LogP contribution in [0.5, 0.6) is 5.88 Å². The first-order valence-corrected chi connectivity index (χ1v) is 6.96. The summed E-state index contributed by atoms with van der Waals surface area (Å²) in [5, 5.41) is 0. The van der Waals surface area contributed by atoms with Gasteiger partial charge in [0.05, 0.1) is 13.2 Å². The maximum atomic E-state index is 5.92. The third-order valence-electron chi connectivity index (χ3n) is 3.00. The molecule has 0 bridgehead atoms. The Balaban J connectivity index is 2.04. The molecule has 1 fully saturated rings. The van der Waals surface area contributed by atoms with Gasteiger partial charge in [0.25, 0.3) is 0 Å². The van der Waals surface area contributed by atoms with E-state index in [0.29, 0.717) is 5.88 Å². The van der Waals surface area contributed by atoms with E-state index in [-0.39, 0.29) is 12.4 Å². The van der Waals surface area contributed by atoms with Crippen molar-refractivity contribution < 1.29 is 14.2 Å². The first-order valence-electron chi connectivity index (χ1n) is 6.17. The molecule has 100 valence electrons. The molecule has 5 heteroatoms. The van der Waals surface area contributed by atoms with Crippen LogP contribution < -0.4 is 4.74 Å². The first kappa shape index (κ1) is 13.8. The quantitative estimate of drug-likeness (QED) is 0.853. The topological polar surface area (TPSA) is 40.6 Å². The van der Waals surface area contributed by atoms with Gasteiger partial charge in [0, 0.05) is 28.9 Å². The van der Waals surface area contributed by atoms with E-state index in [0.717, 1.165) is 35.9 Å². The summed E-state index contributed by atoms with van der Waals surface area (Å²) in [4.78, 5) is 4.13. The highest BCUT2D eigenvalue weighted by Gasteiger charge is 2.20. The van der Waals surface area contributed by atoms with Crippen molar-refractivity contribution in [2.75, 3.05) is 13.7 Å². The number of rotatable bonds is 4. The summed E-state index contributed by atoms with van der Waals surface area (Å²) in [5.74, 6) is 0.591. The molecule has 4 nitrogen and oxygen atoms in total. The van der Waals surface area contributed by atoms with Gasteiger partial charge < -0.3 is 14.2 Å². The van der Waals surface area contributed by atoms with Crippen LogP contribution in [-0.4, -0.2) is 25.0 Å². The lowest BCUT2D eigenvalue weighted by molar-refractivity contribution is -0.186. The number of pyridine rings is 1. The van der Waals surface area contributed by atoms with E-state index in [1.54, 1.807) is 13.3 Å². The van der Waals surface area contributed by atoms with E-state index in [2.05, 4.69) is 20.9 Å². The Hall–Kier alpha value is -0.650. The number of hydrogen-bond donors (Lipinski definition) is 0. The van der Waals surface area contributed by atoms with Crippen LogP contribution in [0.2, 0.25) is 0 Å². The maximum Gasteiger partial charge on any atom is 0.213 e. The molecule has 0 aromatic carbocycles. The van der Waals surface area contributed by atoms with Gasteiger partial charge in [-0.25, -0.2) is 4.98 Å². The molecule has 1 aliphatic rings. The highest BCUT2D eigenvalue weighted by molar-refractivity contribution is 9.10. The lowest BCUT2D eigenvalue weighted by atomic mass is 10.1. The van der Waals surface area contributed by atoms with E-state index in [9.17, 15) is 0 Å². The van der Waals surface area contributed by atoms with E-state index in [1.807, 2.05) is 13.0 Å². The molecule has 1 aromatic rings. The molecule has 0 spiro atoms. The molecular formula is C13H18BrNO3. The van der Waals surface area contributed by atoms with Crippen LogP contribution in [0, 0.1) is 0 Å². The average Bonchev–Trinajstić information content (AvgIpc) is 2.40. The SMILES string of the molecule is COc1cc(C(C)OC2CCCCO2)c(Br)cn1. The van der Waals surface area contributed by atoms with Crippen LogP contribution in [-0.2, 0) is 9.47 Å². The van der Waals surface area contributed by atoms with Crippen molar-refractivity contribution >= 4 is 15.9 Å². The monoisotopic (exact) mass is 315 g/mol. The normalized spacial score (nSPS) is 21.6. The van der Waals surface area contributed by atoms with Gasteiger partial charge in [-0.05, 0) is 42.1 Å². The summed E-state index contributed by atoms with van der Waals surface area (Å²) in [6.07, 6.45) is 4.83. The van der Waals surface area contributed by atoms with Crippen molar-refractivity contribution in [3.05, 3.63) is 22.3 Å². The highest BCUT2D eigenvalue weighted by Crippen LogP contribution is 2.30. The van der Waals surface area contributed by atoms with E-state index < -0.39 is 0 Å². The Bertz CT molecular complexity index is 394. The second-order valence-corrected chi connectivity index (χ2v) is 5.18. The minimum atomic E-state index is -0.0974. The third kappa shape index (κ3) is 3.43. The number of nitrogens with zero attached hydrogens (tertiary/aromatic N) is 1. The van der Waals surface area contributed by atoms with Crippen LogP contribution in [0.1, 0.15) is 37.9 Å². The van der Waals surface area contributed by atoms with E-state index >= 15 is 0 Å². The molecule has 2 rings (SSSR count). The van der Waals surface area contributed by atoms with Crippen LogP contribution in [0.4, 0.5) is 0 Å². The molecule has 2 atom stereocenters. The van der Waals surface area contributed by atoms with Gasteiger partial charge in [-0.1, -0.05) is 0 Å². The van der Waals surface area contributed by atoms with Crippen molar-refractivity contribution in [1.29, 1.82) is 0 Å². The standard InChI is InChI=1S/C13H18BrNO3/c1-9(18-13-5-3-4-6-17-13)10-7-12(16-2)15-8-11(10)14/h7-9,13H,3-6H2,1-2H3. The Morgan fingerprint density at radius 2 is 2.33 bits per heavy atom. The number of ether oxygens (including phenoxy) is 3. The molecule has 0 saturated carbocycles. The Morgan fingerprint density at radius 3 is 3.00 bits per heavy atom. The first-order chi connectivity index (χ1) is 8.70. The van der Waals surface area contributed by atoms with Gasteiger partial charge in [0.2, 0.25) is 5.88 Å². The smallest absolute Gasteiger partial charge is 0.213 e. The van der Waals surface area contributed by atoms with Crippen molar-refractivity contribution in [3.63, 3.8) is 0 Å². The van der Waals surface area contributed by atoms with Crippen molar-refractivity contribution in [2.24, 2.45) is 0 Å². The Kier molecular flexibility index (Phi) is 4.97. The van der Waals surface area contributed by atoms with Crippen molar-refractivity contribution in [3.8, 4) is 5.88 Å². The molecule has 0 N–H and O–H groups in total. The van der Waals surface area contributed by atoms with Crippen molar-refractivity contribution in [2.45, 2.75) is 38.6 Å². The average molecular weight is 316 g/mol. The lowest BCUT2D eigenvalue weighted by Gasteiger charge is -2.26. The predicted molar refractivity (Wildman–Crippen MR) is 71.6 cm³/mol. The second kappa shape index (κ2) is 6.50. The summed E-state index contributed by atoms with van der Waals surface area (Å²) in [7, 11) is 1.61. The zero-order chi connectivity index (χ0) is 13.0. The zero-order valence-electron chi connectivity index (χ0n) is 10.7. The number of methoxy groups -OCH3 is 1. The fraction of sp³-hybridized carbons (Fsp3) is 0.615. The molecule has 1 saturated heterocycles. The predicted octanol–water partition coefficient (Wildman–Crippen LogP) is 3.46. The Morgan fingerprint density at radius 1 is 1.50 bits per heavy atom. The van der Waals surface area contributed by atoms with Gasteiger partial charge in [-0.2, -0.15) is 0 Å². The van der Waals surface area contributed by atoms with Crippen molar-refractivity contribution in [1.82, 2.24) is 4.98 Å². The molecule has 0 radical (unpaired) electrons. The van der Waals surface area contributed by atoms with Gasteiger partial charge in [-0.15, -0.1) is 0 Å². The molecule has 1 aliphatic heterocycles. The van der Waals surface area contributed by atoms with Crippen LogP contribution >= 0.6 is 15.9 Å². The van der Waals surface area contributed by atoms with Gasteiger partial charge in [-0.3, -0.25) is 0 Å². The number of halogens is 1. The van der Waals surface area contributed by atoms with Crippen LogP contribution in [0.25, 0.3) is 0 Å². The van der Waals surface area contributed by atoms with Crippen LogP contribution in [0.15, 0.2) is 16.7 Å². The summed E-state index contributed by atoms with van der Waals surface area (Å²) in [5.41, 5.74) is 1.02. The zero-order valence-corrected chi connectivity index (χ0v) is 12.3. The third-order valence-corrected chi connectivity index (χ3v) is 3.66. The molecule has 0 aliphatic carbocycles. The largest absolute Gasteiger partial charge is 0.481 e. The Labute approximate surface area is 116 Å². The molecule has 0 amide bonds. The minimum absolute atomic E-state index is 0.0561. The number of aromatic nitrogens is 1. The summed E-state index contributed by atoms with van der Waals surface area (Å²) >= 11 is 3.49. The summed E-state index contributed by atoms with van der Waals surface area (Å²) < 4.78 is 17.6. The lowest BCUT2D eigenvalue weighted by Crippen LogP contribution is -2.23. The van der Waals surface area contributed by atoms with Gasteiger partial charge >= 0.3 is 0 Å². The molecule has 2 heterocycles. The van der Waals surface area contributed by atoms with Gasteiger partial charge in [0.15, 0.2) is 6.29 Å². The highest BCUT2D eigenvalue weighted by atomic mass is 79.9. The number of hydrogen-bond acceptors (Lipinski definition) is 4. The maximum absolute atomic E-state index is 5.92. The minimum Gasteiger partial charge on any atom is -0.481 e. The molecule has 2 unspecified atom stereocenters. The fourth-order valence-electron chi connectivity index (χ4n) is 1.98. The fourth-order valence-corrected chi connectivity index (χ4v) is 2.52.